The van der Waals surface area contributed by atoms with Gasteiger partial charge >= 0.3 is 5.97 Å². The monoisotopic (exact) mass is 334 g/mol. The highest BCUT2D eigenvalue weighted by Gasteiger charge is 2.31. The summed E-state index contributed by atoms with van der Waals surface area (Å²) in [6.07, 6.45) is 0.189. The van der Waals surface area contributed by atoms with Gasteiger partial charge in [0.25, 0.3) is 0 Å². The molecule has 1 atom stereocenters. The Bertz CT molecular complexity index is 584. The molecule has 24 heavy (non-hydrogen) atoms. The van der Waals surface area contributed by atoms with Crippen molar-refractivity contribution < 1.29 is 19.5 Å². The van der Waals surface area contributed by atoms with Crippen LogP contribution in [-0.2, 0) is 19.8 Å². The summed E-state index contributed by atoms with van der Waals surface area (Å²) < 4.78 is 0. The topological polar surface area (TPSA) is 86.7 Å². The summed E-state index contributed by atoms with van der Waals surface area (Å²) in [6, 6.07) is 8.70. The van der Waals surface area contributed by atoms with Crippen molar-refractivity contribution >= 4 is 17.8 Å². The maximum Gasteiger partial charge on any atom is 0.326 e. The van der Waals surface area contributed by atoms with E-state index in [-0.39, 0.29) is 31.3 Å². The number of amides is 2. The summed E-state index contributed by atoms with van der Waals surface area (Å²) in [5.74, 6) is -1.53. The van der Waals surface area contributed by atoms with E-state index in [1.54, 1.807) is 0 Å². The van der Waals surface area contributed by atoms with Gasteiger partial charge in [-0.15, -0.1) is 0 Å². The number of nitrogens with zero attached hydrogens (tertiary/aromatic N) is 1. The maximum atomic E-state index is 12.7. The molecular weight excluding hydrogens is 308 g/mol. The quantitative estimate of drug-likeness (QED) is 0.759. The molecule has 0 aromatic heterocycles. The van der Waals surface area contributed by atoms with Crippen LogP contribution in [0.25, 0.3) is 0 Å². The number of carbonyl (C=O) groups excluding carboxylic acids is 2. The fraction of sp³-hybridized carbons (Fsp3) is 0.500. The van der Waals surface area contributed by atoms with E-state index in [0.717, 1.165) is 5.56 Å². The van der Waals surface area contributed by atoms with E-state index in [0.29, 0.717) is 0 Å². The molecule has 0 fully saturated rings. The van der Waals surface area contributed by atoms with Crippen LogP contribution in [0.1, 0.15) is 39.7 Å². The number of hydrogen-bond acceptors (Lipinski definition) is 3. The Kier molecular flexibility index (Phi) is 6.95. The molecule has 1 unspecified atom stereocenters. The van der Waals surface area contributed by atoms with E-state index in [1.165, 1.54) is 18.7 Å². The molecule has 0 radical (unpaired) electrons. The summed E-state index contributed by atoms with van der Waals surface area (Å²) in [6.45, 7) is 7.16. The van der Waals surface area contributed by atoms with Gasteiger partial charge in [-0.05, 0) is 17.9 Å². The third-order valence-electron chi connectivity index (χ3n) is 4.02. The molecule has 132 valence electrons. The summed E-state index contributed by atoms with van der Waals surface area (Å²) in [5.41, 5.74) is 0.603. The Labute approximate surface area is 142 Å². The molecule has 2 amide bonds. The molecule has 0 heterocycles. The van der Waals surface area contributed by atoms with Crippen LogP contribution in [0.15, 0.2) is 30.3 Å². The zero-order chi connectivity index (χ0) is 18.3. The largest absolute Gasteiger partial charge is 0.480 e. The molecule has 0 saturated heterocycles. The van der Waals surface area contributed by atoms with Crippen molar-refractivity contribution in [2.24, 2.45) is 0 Å². The Morgan fingerprint density at radius 2 is 1.79 bits per heavy atom. The van der Waals surface area contributed by atoms with Gasteiger partial charge in [-0.25, -0.2) is 4.79 Å². The van der Waals surface area contributed by atoms with Crippen molar-refractivity contribution in [1.82, 2.24) is 10.2 Å². The second-order valence-corrected chi connectivity index (χ2v) is 6.51. The normalized spacial score (nSPS) is 12.3. The van der Waals surface area contributed by atoms with Gasteiger partial charge in [0.1, 0.15) is 6.04 Å². The predicted molar refractivity (Wildman–Crippen MR) is 91.6 cm³/mol. The number of rotatable bonds is 8. The van der Waals surface area contributed by atoms with Gasteiger partial charge in [0, 0.05) is 26.4 Å². The number of nitrogens with one attached hydrogen (secondary N) is 1. The molecule has 1 rings (SSSR count). The highest BCUT2D eigenvalue weighted by atomic mass is 16.4. The highest BCUT2D eigenvalue weighted by Crippen LogP contribution is 2.27. The van der Waals surface area contributed by atoms with Crippen LogP contribution in [0, 0.1) is 0 Å². The molecule has 0 bridgehead atoms. The number of benzene rings is 1. The van der Waals surface area contributed by atoms with Gasteiger partial charge in [-0.2, -0.15) is 0 Å². The molecule has 2 N–H and O–H groups in total. The van der Waals surface area contributed by atoms with Gasteiger partial charge in [-0.1, -0.05) is 44.2 Å². The summed E-state index contributed by atoms with van der Waals surface area (Å²) in [7, 11) is 0. The second-order valence-electron chi connectivity index (χ2n) is 6.51. The highest BCUT2D eigenvalue weighted by molar-refractivity contribution is 5.84. The zero-order valence-corrected chi connectivity index (χ0v) is 14.7. The van der Waals surface area contributed by atoms with E-state index in [1.807, 2.05) is 44.2 Å². The van der Waals surface area contributed by atoms with Gasteiger partial charge < -0.3 is 15.3 Å². The number of carboxylic acid groups (broad SMARTS) is 1. The van der Waals surface area contributed by atoms with E-state index in [4.69, 9.17) is 0 Å². The first-order chi connectivity index (χ1) is 11.1. The van der Waals surface area contributed by atoms with Crippen molar-refractivity contribution in [1.29, 1.82) is 0 Å². The smallest absolute Gasteiger partial charge is 0.326 e. The van der Waals surface area contributed by atoms with Gasteiger partial charge in [0.15, 0.2) is 0 Å². The average molecular weight is 334 g/mol. The van der Waals surface area contributed by atoms with Crippen LogP contribution in [-0.4, -0.2) is 46.9 Å². The molecule has 0 aliphatic rings. The first-order valence-electron chi connectivity index (χ1n) is 7.97. The third-order valence-corrected chi connectivity index (χ3v) is 4.02. The van der Waals surface area contributed by atoms with Crippen LogP contribution < -0.4 is 5.32 Å². The number of hydrogen-bond donors (Lipinski definition) is 2. The summed E-state index contributed by atoms with van der Waals surface area (Å²) in [4.78, 5) is 36.3. The number of carbonyl (C=O) groups is 3. The Balaban J connectivity index is 2.86. The second kappa shape index (κ2) is 8.47. The molecule has 1 aromatic carbocycles. The molecule has 0 aliphatic heterocycles. The van der Waals surface area contributed by atoms with E-state index < -0.39 is 17.4 Å². The lowest BCUT2D eigenvalue weighted by Gasteiger charge is -2.31. The van der Waals surface area contributed by atoms with Crippen LogP contribution in [0.4, 0.5) is 0 Å². The molecule has 6 nitrogen and oxygen atoms in total. The van der Waals surface area contributed by atoms with Crippen molar-refractivity contribution in [2.75, 3.05) is 13.1 Å². The minimum Gasteiger partial charge on any atom is -0.480 e. The Morgan fingerprint density at radius 1 is 1.21 bits per heavy atom. The van der Waals surface area contributed by atoms with Gasteiger partial charge in [0.2, 0.25) is 11.8 Å². The lowest BCUT2D eigenvalue weighted by molar-refractivity contribution is -0.149. The standard InChI is InChI=1S/C18H26N2O4/c1-13(17(23)24)20(11-10-19-14(2)21)16(22)12-18(3,4)15-8-6-5-7-9-15/h5-9,13H,10-12H2,1-4H3,(H,19,21)(H,23,24). The Hall–Kier alpha value is -2.37. The fourth-order valence-electron chi connectivity index (χ4n) is 2.49. The van der Waals surface area contributed by atoms with Crippen LogP contribution in [0.3, 0.4) is 0 Å². The zero-order valence-electron chi connectivity index (χ0n) is 14.7. The van der Waals surface area contributed by atoms with Crippen LogP contribution in [0.5, 0.6) is 0 Å². The van der Waals surface area contributed by atoms with Crippen molar-refractivity contribution in [3.05, 3.63) is 35.9 Å². The molecule has 0 saturated carbocycles. The van der Waals surface area contributed by atoms with E-state index in [2.05, 4.69) is 5.32 Å². The van der Waals surface area contributed by atoms with Crippen molar-refractivity contribution in [2.45, 2.75) is 45.6 Å². The van der Waals surface area contributed by atoms with Gasteiger partial charge in [0.05, 0.1) is 0 Å². The number of aliphatic carboxylic acids is 1. The fourth-order valence-corrected chi connectivity index (χ4v) is 2.49. The van der Waals surface area contributed by atoms with E-state index in [9.17, 15) is 19.5 Å². The maximum absolute atomic E-state index is 12.7. The predicted octanol–water partition coefficient (Wildman–Crippen LogP) is 1.79. The molecule has 0 spiro atoms. The lowest BCUT2D eigenvalue weighted by atomic mass is 9.81. The minimum absolute atomic E-state index is 0.163. The first kappa shape index (κ1) is 19.7. The molecule has 6 heteroatoms. The Morgan fingerprint density at radius 3 is 2.29 bits per heavy atom. The van der Waals surface area contributed by atoms with Crippen LogP contribution >= 0.6 is 0 Å². The molecule has 1 aromatic rings. The number of carboxylic acids is 1. The van der Waals surface area contributed by atoms with E-state index >= 15 is 0 Å². The molecule has 0 aliphatic carbocycles. The van der Waals surface area contributed by atoms with Gasteiger partial charge in [-0.3, -0.25) is 9.59 Å². The lowest BCUT2D eigenvalue weighted by Crippen LogP contribution is -2.48. The van der Waals surface area contributed by atoms with Crippen molar-refractivity contribution in [3.63, 3.8) is 0 Å². The molecular formula is C18H26N2O4. The minimum atomic E-state index is -1.07. The third kappa shape index (κ3) is 5.68. The van der Waals surface area contributed by atoms with Crippen LogP contribution in [0.2, 0.25) is 0 Å². The summed E-state index contributed by atoms with van der Waals surface area (Å²) >= 11 is 0. The van der Waals surface area contributed by atoms with Crippen molar-refractivity contribution in [3.8, 4) is 0 Å². The first-order valence-corrected chi connectivity index (χ1v) is 7.97. The SMILES string of the molecule is CC(=O)NCCN(C(=O)CC(C)(C)c1ccccc1)C(C)C(=O)O. The summed E-state index contributed by atoms with van der Waals surface area (Å²) in [5, 5.41) is 11.8. The average Bonchev–Trinajstić information content (AvgIpc) is 2.51.